The van der Waals surface area contributed by atoms with E-state index < -0.39 is 0 Å². The minimum Gasteiger partial charge on any atom is -0.489 e. The quantitative estimate of drug-likeness (QED) is 0.367. The number of hydrogen-bond acceptors (Lipinski definition) is 4. The van der Waals surface area contributed by atoms with Crippen LogP contribution in [0, 0.1) is 6.92 Å². The van der Waals surface area contributed by atoms with Gasteiger partial charge >= 0.3 is 0 Å². The van der Waals surface area contributed by atoms with E-state index in [0.717, 1.165) is 56.4 Å². The molecular weight excluding hydrogens is 469 g/mol. The van der Waals surface area contributed by atoms with Gasteiger partial charge in [-0.1, -0.05) is 18.2 Å². The monoisotopic (exact) mass is 503 g/mol. The van der Waals surface area contributed by atoms with Crippen LogP contribution in [0.3, 0.4) is 0 Å². The molecule has 7 heteroatoms. The van der Waals surface area contributed by atoms with Crippen LogP contribution in [0.2, 0.25) is 0 Å². The normalized spacial score (nSPS) is 23.8. The number of aryl methyl sites for hydroxylation is 1. The molecule has 0 bridgehead atoms. The van der Waals surface area contributed by atoms with Crippen molar-refractivity contribution in [2.24, 2.45) is 4.99 Å². The van der Waals surface area contributed by atoms with Crippen molar-refractivity contribution in [3.8, 4) is 5.75 Å². The Kier molecular flexibility index (Phi) is 9.81. The summed E-state index contributed by atoms with van der Waals surface area (Å²) in [7, 11) is 0. The van der Waals surface area contributed by atoms with Crippen LogP contribution in [-0.2, 0) is 9.47 Å². The molecule has 1 aromatic rings. The molecule has 0 aromatic heterocycles. The molecule has 28 heavy (non-hydrogen) atoms. The topological polar surface area (TPSA) is 55.3 Å². The molecule has 3 atom stereocenters. The predicted octanol–water partition coefficient (Wildman–Crippen LogP) is 3.23. The first-order valence-corrected chi connectivity index (χ1v) is 10.2. The molecule has 2 heterocycles. The number of hydrogen-bond donors (Lipinski definition) is 1. The summed E-state index contributed by atoms with van der Waals surface area (Å²) in [4.78, 5) is 7.13. The van der Waals surface area contributed by atoms with E-state index in [1.165, 1.54) is 0 Å². The van der Waals surface area contributed by atoms with Gasteiger partial charge in [0, 0.05) is 26.2 Å². The molecule has 0 saturated carbocycles. The maximum Gasteiger partial charge on any atom is 0.194 e. The summed E-state index contributed by atoms with van der Waals surface area (Å²) in [5.41, 5.74) is 1.15. The number of nitrogens with zero attached hydrogens (tertiary/aromatic N) is 2. The summed E-state index contributed by atoms with van der Waals surface area (Å²) >= 11 is 0. The first kappa shape index (κ1) is 23.2. The third kappa shape index (κ3) is 6.49. The van der Waals surface area contributed by atoms with Crippen LogP contribution in [0.5, 0.6) is 5.75 Å². The molecule has 3 unspecified atom stereocenters. The van der Waals surface area contributed by atoms with Crippen molar-refractivity contribution in [3.63, 3.8) is 0 Å². The van der Waals surface area contributed by atoms with Gasteiger partial charge in [0.15, 0.2) is 5.96 Å². The molecular formula is C21H34IN3O3. The molecule has 0 spiro atoms. The first-order chi connectivity index (χ1) is 13.2. The van der Waals surface area contributed by atoms with Gasteiger partial charge in [0.05, 0.1) is 19.3 Å². The van der Waals surface area contributed by atoms with Gasteiger partial charge in [-0.25, -0.2) is 4.99 Å². The molecule has 0 amide bonds. The Morgan fingerprint density at radius 2 is 2.07 bits per heavy atom. The SMILES string of the molecule is CCNC(=NCC(C)Oc1ccccc1C)N1CCOC(C2CCCO2)C1.I. The predicted molar refractivity (Wildman–Crippen MR) is 123 cm³/mol. The molecule has 2 fully saturated rings. The van der Waals surface area contributed by atoms with Crippen molar-refractivity contribution in [2.45, 2.75) is 51.9 Å². The minimum atomic E-state index is 0. The summed E-state index contributed by atoms with van der Waals surface area (Å²) in [6.45, 7) is 10.9. The molecule has 2 aliphatic heterocycles. The van der Waals surface area contributed by atoms with Gasteiger partial charge in [-0.3, -0.25) is 0 Å². The van der Waals surface area contributed by atoms with Gasteiger partial charge in [0.1, 0.15) is 18.0 Å². The minimum absolute atomic E-state index is 0. The summed E-state index contributed by atoms with van der Waals surface area (Å²) in [6, 6.07) is 8.10. The fourth-order valence-electron chi connectivity index (χ4n) is 3.57. The lowest BCUT2D eigenvalue weighted by Gasteiger charge is -2.37. The van der Waals surface area contributed by atoms with Gasteiger partial charge < -0.3 is 24.4 Å². The molecule has 158 valence electrons. The van der Waals surface area contributed by atoms with Crippen molar-refractivity contribution < 1.29 is 14.2 Å². The average Bonchev–Trinajstić information content (AvgIpc) is 3.22. The number of rotatable bonds is 6. The van der Waals surface area contributed by atoms with E-state index in [1.54, 1.807) is 0 Å². The lowest BCUT2D eigenvalue weighted by atomic mass is 10.1. The highest BCUT2D eigenvalue weighted by molar-refractivity contribution is 14.0. The highest BCUT2D eigenvalue weighted by Gasteiger charge is 2.32. The average molecular weight is 503 g/mol. The Morgan fingerprint density at radius 1 is 1.29 bits per heavy atom. The van der Waals surface area contributed by atoms with Crippen LogP contribution in [0.25, 0.3) is 0 Å². The number of guanidine groups is 1. The van der Waals surface area contributed by atoms with E-state index in [9.17, 15) is 0 Å². The molecule has 2 aliphatic rings. The summed E-state index contributed by atoms with van der Waals surface area (Å²) in [5, 5.41) is 3.42. The zero-order chi connectivity index (χ0) is 19.1. The summed E-state index contributed by atoms with van der Waals surface area (Å²) in [5.74, 6) is 1.86. The van der Waals surface area contributed by atoms with E-state index in [1.807, 2.05) is 18.2 Å². The van der Waals surface area contributed by atoms with E-state index in [2.05, 4.69) is 37.1 Å². The number of aliphatic imine (C=N–C) groups is 1. The van der Waals surface area contributed by atoms with Crippen LogP contribution in [-0.4, -0.2) is 68.6 Å². The zero-order valence-corrected chi connectivity index (χ0v) is 19.6. The Balaban J connectivity index is 0.00000280. The van der Waals surface area contributed by atoms with Crippen LogP contribution in [0.4, 0.5) is 0 Å². The number of benzene rings is 1. The first-order valence-electron chi connectivity index (χ1n) is 10.2. The second-order valence-electron chi connectivity index (χ2n) is 7.30. The van der Waals surface area contributed by atoms with Gasteiger partial charge in [-0.2, -0.15) is 0 Å². The molecule has 0 radical (unpaired) electrons. The summed E-state index contributed by atoms with van der Waals surface area (Å²) < 4.78 is 17.9. The van der Waals surface area contributed by atoms with Gasteiger partial charge in [-0.05, 0) is 45.2 Å². The van der Waals surface area contributed by atoms with Crippen molar-refractivity contribution in [2.75, 3.05) is 39.4 Å². The van der Waals surface area contributed by atoms with E-state index in [0.29, 0.717) is 13.2 Å². The number of nitrogens with one attached hydrogen (secondary N) is 1. The van der Waals surface area contributed by atoms with Crippen LogP contribution in [0.15, 0.2) is 29.3 Å². The van der Waals surface area contributed by atoms with Crippen molar-refractivity contribution >= 4 is 29.9 Å². The second kappa shape index (κ2) is 11.8. The van der Waals surface area contributed by atoms with E-state index in [4.69, 9.17) is 19.2 Å². The number of morpholine rings is 1. The van der Waals surface area contributed by atoms with Crippen LogP contribution < -0.4 is 10.1 Å². The maximum absolute atomic E-state index is 6.07. The third-order valence-corrected chi connectivity index (χ3v) is 5.03. The highest BCUT2D eigenvalue weighted by Crippen LogP contribution is 2.21. The van der Waals surface area contributed by atoms with Crippen molar-refractivity contribution in [3.05, 3.63) is 29.8 Å². The molecule has 1 N–H and O–H groups in total. The fourth-order valence-corrected chi connectivity index (χ4v) is 3.57. The molecule has 0 aliphatic carbocycles. The molecule has 3 rings (SSSR count). The smallest absolute Gasteiger partial charge is 0.194 e. The zero-order valence-electron chi connectivity index (χ0n) is 17.2. The third-order valence-electron chi connectivity index (χ3n) is 5.03. The number of ether oxygens (including phenoxy) is 3. The van der Waals surface area contributed by atoms with Gasteiger partial charge in [0.2, 0.25) is 0 Å². The largest absolute Gasteiger partial charge is 0.489 e. The lowest BCUT2D eigenvalue weighted by Crippen LogP contribution is -2.53. The fraction of sp³-hybridized carbons (Fsp3) is 0.667. The Labute approximate surface area is 186 Å². The Morgan fingerprint density at radius 3 is 2.79 bits per heavy atom. The van der Waals surface area contributed by atoms with E-state index in [-0.39, 0.29) is 42.3 Å². The number of para-hydroxylation sites is 1. The standard InChI is InChI=1S/C21H33N3O3.HI/c1-4-22-21(23-14-17(3)27-18-9-6-5-8-16(18)2)24-11-13-26-20(15-24)19-10-7-12-25-19;/h5-6,8-9,17,19-20H,4,7,10-15H2,1-3H3,(H,22,23);1H. The van der Waals surface area contributed by atoms with Gasteiger partial charge in [0.25, 0.3) is 0 Å². The van der Waals surface area contributed by atoms with Crippen molar-refractivity contribution in [1.29, 1.82) is 0 Å². The van der Waals surface area contributed by atoms with E-state index >= 15 is 0 Å². The summed E-state index contributed by atoms with van der Waals surface area (Å²) in [6.07, 6.45) is 2.58. The highest BCUT2D eigenvalue weighted by atomic mass is 127. The number of halogens is 1. The Bertz CT molecular complexity index is 623. The van der Waals surface area contributed by atoms with Gasteiger partial charge in [-0.15, -0.1) is 24.0 Å². The van der Waals surface area contributed by atoms with Crippen LogP contribution in [0.1, 0.15) is 32.3 Å². The lowest BCUT2D eigenvalue weighted by molar-refractivity contribution is -0.0817. The molecule has 2 saturated heterocycles. The Hall–Kier alpha value is -1.06. The molecule has 1 aromatic carbocycles. The van der Waals surface area contributed by atoms with Crippen LogP contribution >= 0.6 is 24.0 Å². The van der Waals surface area contributed by atoms with Crippen molar-refractivity contribution in [1.82, 2.24) is 10.2 Å². The molecule has 6 nitrogen and oxygen atoms in total. The second-order valence-corrected chi connectivity index (χ2v) is 7.30. The maximum atomic E-state index is 6.07.